The molecule has 0 amide bonds. The molecule has 28 heavy (non-hydrogen) atoms. The Balaban J connectivity index is 1.85. The summed E-state index contributed by atoms with van der Waals surface area (Å²) in [7, 11) is 0. The fourth-order valence-corrected chi connectivity index (χ4v) is 3.19. The van der Waals surface area contributed by atoms with Gasteiger partial charge in [-0.15, -0.1) is 0 Å². The van der Waals surface area contributed by atoms with Gasteiger partial charge >= 0.3 is 5.97 Å². The van der Waals surface area contributed by atoms with Gasteiger partial charge in [-0.25, -0.2) is 0 Å². The average Bonchev–Trinajstić information content (AvgIpc) is 3.02. The van der Waals surface area contributed by atoms with Crippen LogP contribution >= 0.6 is 0 Å². The normalized spacial score (nSPS) is 14.0. The Bertz CT molecular complexity index is 924. The molecule has 2 aromatic carbocycles. The quantitative estimate of drug-likeness (QED) is 0.411. The second-order valence-electron chi connectivity index (χ2n) is 6.60. The second-order valence-corrected chi connectivity index (χ2v) is 6.60. The third-order valence-electron chi connectivity index (χ3n) is 4.87. The van der Waals surface area contributed by atoms with Gasteiger partial charge in [-0.2, -0.15) is 0 Å². The highest BCUT2D eigenvalue weighted by atomic mass is 16.5. The van der Waals surface area contributed by atoms with E-state index in [4.69, 9.17) is 9.47 Å². The third kappa shape index (κ3) is 3.79. The number of carbonyl (C=O) groups is 2. The number of fused-ring (bicyclic) bond motifs is 1. The predicted molar refractivity (Wildman–Crippen MR) is 110 cm³/mol. The number of rotatable bonds is 6. The lowest BCUT2D eigenvalue weighted by Crippen LogP contribution is -2.21. The second kappa shape index (κ2) is 8.30. The van der Waals surface area contributed by atoms with Gasteiger partial charge in [0, 0.05) is 30.8 Å². The Hall–Kier alpha value is -3.08. The number of ketones is 1. The summed E-state index contributed by atoms with van der Waals surface area (Å²) in [5.41, 5.74) is 3.17. The molecule has 0 fully saturated rings. The van der Waals surface area contributed by atoms with Crippen molar-refractivity contribution in [3.05, 3.63) is 58.8 Å². The van der Waals surface area contributed by atoms with Gasteiger partial charge in [-0.1, -0.05) is 19.1 Å². The zero-order chi connectivity index (χ0) is 20.3. The molecule has 0 bridgehead atoms. The minimum Gasteiger partial charge on any atom is -0.452 e. The zero-order valence-corrected chi connectivity index (χ0v) is 16.7. The number of esters is 1. The van der Waals surface area contributed by atoms with Gasteiger partial charge in [0.05, 0.1) is 5.56 Å². The number of benzene rings is 2. The summed E-state index contributed by atoms with van der Waals surface area (Å²) in [5.74, 6) is 0.656. The molecule has 146 valence electrons. The molecule has 1 aliphatic rings. The van der Waals surface area contributed by atoms with Crippen LogP contribution in [0, 0.1) is 6.92 Å². The largest absolute Gasteiger partial charge is 0.452 e. The summed E-state index contributed by atoms with van der Waals surface area (Å²) in [4.78, 5) is 26.5. The van der Waals surface area contributed by atoms with E-state index in [9.17, 15) is 9.59 Å². The first-order valence-electron chi connectivity index (χ1n) is 9.62. The van der Waals surface area contributed by atoms with E-state index in [0.717, 1.165) is 24.3 Å². The standard InChI is InChI=1S/C23H25NO4/c1-5-21(25)27-19-13-12-18-22(26)20(28-23(18)15(19)4)14-16-8-10-17(11-9-16)24(6-2)7-3/h8-14H,5-7H2,1-4H3/b20-14-. The van der Waals surface area contributed by atoms with Gasteiger partial charge in [0.1, 0.15) is 11.5 Å². The lowest BCUT2D eigenvalue weighted by Gasteiger charge is -2.20. The first-order chi connectivity index (χ1) is 13.5. The van der Waals surface area contributed by atoms with Gasteiger partial charge in [-0.05, 0) is 56.7 Å². The Morgan fingerprint density at radius 1 is 1.07 bits per heavy atom. The third-order valence-corrected chi connectivity index (χ3v) is 4.87. The summed E-state index contributed by atoms with van der Waals surface area (Å²) >= 11 is 0. The lowest BCUT2D eigenvalue weighted by atomic mass is 10.1. The van der Waals surface area contributed by atoms with Crippen molar-refractivity contribution < 1.29 is 19.1 Å². The molecule has 0 spiro atoms. The fraction of sp³-hybridized carbons (Fsp3) is 0.304. The summed E-state index contributed by atoms with van der Waals surface area (Å²) in [6.45, 7) is 9.64. The molecular weight excluding hydrogens is 354 g/mol. The van der Waals surface area contributed by atoms with E-state index in [1.54, 1.807) is 32.1 Å². The lowest BCUT2D eigenvalue weighted by molar-refractivity contribution is -0.134. The van der Waals surface area contributed by atoms with Crippen LogP contribution in [0.2, 0.25) is 0 Å². The van der Waals surface area contributed by atoms with Gasteiger partial charge in [-0.3, -0.25) is 9.59 Å². The minimum absolute atomic E-state index is 0.167. The molecule has 0 radical (unpaired) electrons. The van der Waals surface area contributed by atoms with Crippen molar-refractivity contribution in [3.8, 4) is 11.5 Å². The SMILES string of the molecule is CCC(=O)Oc1ccc2c(c1C)O/C(=C\c1ccc(N(CC)CC)cc1)C2=O. The molecule has 0 saturated heterocycles. The average molecular weight is 379 g/mol. The molecule has 0 unspecified atom stereocenters. The zero-order valence-electron chi connectivity index (χ0n) is 16.7. The first kappa shape index (κ1) is 19.7. The van der Waals surface area contributed by atoms with E-state index < -0.39 is 0 Å². The minimum atomic E-state index is -0.323. The van der Waals surface area contributed by atoms with Gasteiger partial charge in [0.15, 0.2) is 5.76 Å². The van der Waals surface area contributed by atoms with Crippen molar-refractivity contribution >= 4 is 23.5 Å². The summed E-state index contributed by atoms with van der Waals surface area (Å²) in [6.07, 6.45) is 2.02. The van der Waals surface area contributed by atoms with E-state index in [0.29, 0.717) is 22.6 Å². The molecular formula is C23H25NO4. The van der Waals surface area contributed by atoms with E-state index in [1.807, 2.05) is 24.3 Å². The first-order valence-corrected chi connectivity index (χ1v) is 9.62. The highest BCUT2D eigenvalue weighted by molar-refractivity contribution is 6.15. The van der Waals surface area contributed by atoms with E-state index >= 15 is 0 Å². The predicted octanol–water partition coefficient (Wildman–Crippen LogP) is 4.77. The smallest absolute Gasteiger partial charge is 0.310 e. The molecule has 0 aromatic heterocycles. The molecule has 1 aliphatic heterocycles. The summed E-state index contributed by atoms with van der Waals surface area (Å²) in [5, 5.41) is 0. The molecule has 2 aromatic rings. The molecule has 5 nitrogen and oxygen atoms in total. The van der Waals surface area contributed by atoms with Crippen molar-refractivity contribution in [2.24, 2.45) is 0 Å². The number of hydrogen-bond acceptors (Lipinski definition) is 5. The molecule has 0 aliphatic carbocycles. The van der Waals surface area contributed by atoms with Crippen molar-refractivity contribution in [2.75, 3.05) is 18.0 Å². The van der Waals surface area contributed by atoms with Crippen LogP contribution in [0.25, 0.3) is 6.08 Å². The highest BCUT2D eigenvalue weighted by Crippen LogP contribution is 2.39. The number of nitrogens with zero attached hydrogens (tertiary/aromatic N) is 1. The van der Waals surface area contributed by atoms with Crippen LogP contribution in [-0.2, 0) is 4.79 Å². The van der Waals surface area contributed by atoms with Crippen LogP contribution in [-0.4, -0.2) is 24.8 Å². The maximum absolute atomic E-state index is 12.7. The van der Waals surface area contributed by atoms with Gasteiger partial charge in [0.2, 0.25) is 5.78 Å². The maximum Gasteiger partial charge on any atom is 0.310 e. The van der Waals surface area contributed by atoms with Crippen LogP contribution in [0.1, 0.15) is 48.7 Å². The van der Waals surface area contributed by atoms with Gasteiger partial charge < -0.3 is 14.4 Å². The highest BCUT2D eigenvalue weighted by Gasteiger charge is 2.30. The van der Waals surface area contributed by atoms with E-state index in [1.165, 1.54) is 0 Å². The number of allylic oxidation sites excluding steroid dienone is 1. The Morgan fingerprint density at radius 3 is 2.36 bits per heavy atom. The Labute approximate surface area is 165 Å². The van der Waals surface area contributed by atoms with E-state index in [-0.39, 0.29) is 23.9 Å². The maximum atomic E-state index is 12.7. The number of hydrogen-bond donors (Lipinski definition) is 0. The van der Waals surface area contributed by atoms with Crippen molar-refractivity contribution in [3.63, 3.8) is 0 Å². The van der Waals surface area contributed by atoms with Crippen molar-refractivity contribution in [1.82, 2.24) is 0 Å². The monoisotopic (exact) mass is 379 g/mol. The Kier molecular flexibility index (Phi) is 5.83. The van der Waals surface area contributed by atoms with Crippen LogP contribution in [0.3, 0.4) is 0 Å². The van der Waals surface area contributed by atoms with Crippen molar-refractivity contribution in [2.45, 2.75) is 34.1 Å². The van der Waals surface area contributed by atoms with Gasteiger partial charge in [0.25, 0.3) is 0 Å². The molecule has 3 rings (SSSR count). The molecule has 0 N–H and O–H groups in total. The Morgan fingerprint density at radius 2 is 1.75 bits per heavy atom. The number of ether oxygens (including phenoxy) is 2. The fourth-order valence-electron chi connectivity index (χ4n) is 3.19. The van der Waals surface area contributed by atoms with Crippen LogP contribution in [0.5, 0.6) is 11.5 Å². The molecule has 5 heteroatoms. The van der Waals surface area contributed by atoms with Crippen LogP contribution < -0.4 is 14.4 Å². The molecule has 0 atom stereocenters. The van der Waals surface area contributed by atoms with Crippen molar-refractivity contribution in [1.29, 1.82) is 0 Å². The topological polar surface area (TPSA) is 55.8 Å². The van der Waals surface area contributed by atoms with Crippen LogP contribution in [0.15, 0.2) is 42.2 Å². The van der Waals surface area contributed by atoms with E-state index in [2.05, 4.69) is 18.7 Å². The molecule has 1 heterocycles. The molecule has 0 saturated carbocycles. The van der Waals surface area contributed by atoms with Crippen LogP contribution in [0.4, 0.5) is 5.69 Å². The number of anilines is 1. The summed E-state index contributed by atoms with van der Waals surface area (Å²) in [6, 6.07) is 11.3. The number of carbonyl (C=O) groups excluding carboxylic acids is 2. The number of Topliss-reactive ketones (excluding diaryl/α,β-unsaturated/α-hetero) is 1. The summed E-state index contributed by atoms with van der Waals surface area (Å²) < 4.78 is 11.2.